The zero-order chi connectivity index (χ0) is 25.9. The SMILES string of the molecule is COc1ccccc1-c1cnncc1C(=O)Nc1nc2ccc(-c3ccc(NC(C)=O)c(C)c3)nc2s1. The number of ether oxygens (including phenoxy) is 1. The van der Waals surface area contributed by atoms with Gasteiger partial charge in [0.05, 0.1) is 30.8 Å². The molecule has 0 atom stereocenters. The Morgan fingerprint density at radius 1 is 0.919 bits per heavy atom. The number of amides is 2. The number of carbonyl (C=O) groups is 2. The van der Waals surface area contributed by atoms with E-state index in [-0.39, 0.29) is 11.8 Å². The lowest BCUT2D eigenvalue weighted by Gasteiger charge is -2.11. The van der Waals surface area contributed by atoms with Crippen molar-refractivity contribution in [1.82, 2.24) is 20.2 Å². The van der Waals surface area contributed by atoms with Gasteiger partial charge >= 0.3 is 0 Å². The third-order valence-electron chi connectivity index (χ3n) is 5.68. The quantitative estimate of drug-likeness (QED) is 0.316. The number of aromatic nitrogens is 4. The zero-order valence-electron chi connectivity index (χ0n) is 20.3. The number of aryl methyl sites for hydroxylation is 1. The lowest BCUT2D eigenvalue weighted by molar-refractivity contribution is -0.114. The molecule has 0 aliphatic carbocycles. The molecule has 0 aliphatic heterocycles. The maximum absolute atomic E-state index is 13.2. The molecule has 5 aromatic rings. The van der Waals surface area contributed by atoms with E-state index in [4.69, 9.17) is 9.72 Å². The van der Waals surface area contributed by atoms with Crippen molar-refractivity contribution in [3.8, 4) is 28.1 Å². The molecule has 2 aromatic carbocycles. The topological polar surface area (TPSA) is 119 Å². The molecular formula is C27H22N6O3S. The van der Waals surface area contributed by atoms with Gasteiger partial charge in [0.15, 0.2) is 5.13 Å². The number of benzene rings is 2. The Morgan fingerprint density at radius 3 is 2.51 bits per heavy atom. The van der Waals surface area contributed by atoms with Gasteiger partial charge < -0.3 is 10.1 Å². The van der Waals surface area contributed by atoms with Gasteiger partial charge in [0, 0.05) is 29.3 Å². The average molecular weight is 511 g/mol. The van der Waals surface area contributed by atoms with E-state index in [0.717, 1.165) is 28.1 Å². The molecule has 2 N–H and O–H groups in total. The van der Waals surface area contributed by atoms with E-state index in [0.29, 0.717) is 32.4 Å². The molecule has 2 amide bonds. The summed E-state index contributed by atoms with van der Waals surface area (Å²) in [6, 6.07) is 16.9. The highest BCUT2D eigenvalue weighted by atomic mass is 32.1. The van der Waals surface area contributed by atoms with Crippen LogP contribution < -0.4 is 15.4 Å². The van der Waals surface area contributed by atoms with Crippen molar-refractivity contribution in [2.45, 2.75) is 13.8 Å². The Kier molecular flexibility index (Phi) is 6.57. The van der Waals surface area contributed by atoms with E-state index in [1.807, 2.05) is 61.5 Å². The Labute approximate surface area is 216 Å². The average Bonchev–Trinajstić information content (AvgIpc) is 3.31. The molecule has 0 saturated heterocycles. The number of methoxy groups -OCH3 is 1. The third-order valence-corrected chi connectivity index (χ3v) is 6.56. The summed E-state index contributed by atoms with van der Waals surface area (Å²) >= 11 is 1.28. The van der Waals surface area contributed by atoms with Crippen molar-refractivity contribution in [2.24, 2.45) is 0 Å². The fourth-order valence-corrected chi connectivity index (χ4v) is 4.77. The predicted molar refractivity (Wildman–Crippen MR) is 144 cm³/mol. The van der Waals surface area contributed by atoms with Crippen molar-refractivity contribution >= 4 is 44.3 Å². The maximum Gasteiger partial charge on any atom is 0.259 e. The highest BCUT2D eigenvalue weighted by molar-refractivity contribution is 7.22. The molecule has 0 saturated carbocycles. The number of nitrogens with zero attached hydrogens (tertiary/aromatic N) is 4. The summed E-state index contributed by atoms with van der Waals surface area (Å²) in [6.45, 7) is 3.41. The molecule has 0 aliphatic rings. The van der Waals surface area contributed by atoms with Gasteiger partial charge in [-0.3, -0.25) is 14.9 Å². The van der Waals surface area contributed by atoms with Crippen LogP contribution in [0.5, 0.6) is 5.75 Å². The second-order valence-corrected chi connectivity index (χ2v) is 9.20. The van der Waals surface area contributed by atoms with Crippen molar-refractivity contribution in [2.75, 3.05) is 17.7 Å². The summed E-state index contributed by atoms with van der Waals surface area (Å²) in [4.78, 5) is 34.6. The number of thiazole rings is 1. The van der Waals surface area contributed by atoms with E-state index >= 15 is 0 Å². The second-order valence-electron chi connectivity index (χ2n) is 8.22. The summed E-state index contributed by atoms with van der Waals surface area (Å²) in [5, 5.41) is 14.0. The molecule has 0 fully saturated rings. The molecule has 37 heavy (non-hydrogen) atoms. The van der Waals surface area contributed by atoms with E-state index in [2.05, 4.69) is 25.8 Å². The Hall–Kier alpha value is -4.70. The molecule has 10 heteroatoms. The second kappa shape index (κ2) is 10.1. The van der Waals surface area contributed by atoms with Gasteiger partial charge in [0.1, 0.15) is 16.1 Å². The first-order chi connectivity index (χ1) is 17.9. The summed E-state index contributed by atoms with van der Waals surface area (Å²) < 4.78 is 5.45. The highest BCUT2D eigenvalue weighted by Gasteiger charge is 2.18. The Morgan fingerprint density at radius 2 is 1.73 bits per heavy atom. The van der Waals surface area contributed by atoms with Crippen LogP contribution >= 0.6 is 11.3 Å². The summed E-state index contributed by atoms with van der Waals surface area (Å²) in [7, 11) is 1.58. The van der Waals surface area contributed by atoms with E-state index < -0.39 is 0 Å². The number of fused-ring (bicyclic) bond motifs is 1. The fraction of sp³-hybridized carbons (Fsp3) is 0.111. The summed E-state index contributed by atoms with van der Waals surface area (Å²) in [5.41, 5.74) is 5.74. The number of rotatable bonds is 6. The largest absolute Gasteiger partial charge is 0.496 e. The number of hydrogen-bond donors (Lipinski definition) is 2. The predicted octanol–water partition coefficient (Wildman–Crippen LogP) is 5.34. The number of carbonyl (C=O) groups excluding carboxylic acids is 2. The summed E-state index contributed by atoms with van der Waals surface area (Å²) in [6.07, 6.45) is 2.96. The first-order valence-corrected chi connectivity index (χ1v) is 12.2. The standard InChI is InChI=1S/C27H22N6O3S/c1-15-12-17(8-9-21(15)30-16(2)34)22-10-11-23-26(31-22)37-27(32-23)33-25(35)20-14-29-28-13-19(20)18-6-4-5-7-24(18)36-3/h4-14H,1-3H3,(H,30,34)(H,32,33,35). The van der Waals surface area contributed by atoms with Gasteiger partial charge in [-0.15, -0.1) is 0 Å². The van der Waals surface area contributed by atoms with Crippen molar-refractivity contribution in [1.29, 1.82) is 0 Å². The van der Waals surface area contributed by atoms with Crippen LogP contribution in [0.3, 0.4) is 0 Å². The van der Waals surface area contributed by atoms with Gasteiger partial charge in [-0.05, 0) is 42.8 Å². The molecule has 3 aromatic heterocycles. The Bertz CT molecular complexity index is 1650. The molecule has 0 spiro atoms. The smallest absolute Gasteiger partial charge is 0.259 e. The number of nitrogens with one attached hydrogen (secondary N) is 2. The molecule has 5 rings (SSSR count). The van der Waals surface area contributed by atoms with Gasteiger partial charge in [-0.2, -0.15) is 10.2 Å². The van der Waals surface area contributed by atoms with Crippen molar-refractivity contribution in [3.63, 3.8) is 0 Å². The van der Waals surface area contributed by atoms with Gasteiger partial charge in [-0.25, -0.2) is 9.97 Å². The van der Waals surface area contributed by atoms with Crippen LogP contribution in [0.25, 0.3) is 32.7 Å². The van der Waals surface area contributed by atoms with Crippen LogP contribution in [-0.4, -0.2) is 39.1 Å². The molecule has 0 unspecified atom stereocenters. The van der Waals surface area contributed by atoms with Crippen molar-refractivity contribution < 1.29 is 14.3 Å². The van der Waals surface area contributed by atoms with E-state index in [1.54, 1.807) is 7.11 Å². The molecule has 9 nitrogen and oxygen atoms in total. The van der Waals surface area contributed by atoms with Crippen LogP contribution in [-0.2, 0) is 4.79 Å². The number of pyridine rings is 1. The molecule has 0 bridgehead atoms. The monoisotopic (exact) mass is 510 g/mol. The first kappa shape index (κ1) is 24.0. The minimum Gasteiger partial charge on any atom is -0.496 e. The van der Waals surface area contributed by atoms with Crippen LogP contribution in [0.2, 0.25) is 0 Å². The van der Waals surface area contributed by atoms with Crippen LogP contribution in [0.1, 0.15) is 22.8 Å². The molecule has 3 heterocycles. The fourth-order valence-electron chi connectivity index (χ4n) is 3.93. The van der Waals surface area contributed by atoms with E-state index in [1.165, 1.54) is 30.7 Å². The summed E-state index contributed by atoms with van der Waals surface area (Å²) in [5.74, 6) is 0.146. The lowest BCUT2D eigenvalue weighted by atomic mass is 10.0. The van der Waals surface area contributed by atoms with Gasteiger partial charge in [0.25, 0.3) is 5.91 Å². The van der Waals surface area contributed by atoms with Gasteiger partial charge in [-0.1, -0.05) is 35.6 Å². The molecular weight excluding hydrogens is 488 g/mol. The lowest BCUT2D eigenvalue weighted by Crippen LogP contribution is -2.14. The van der Waals surface area contributed by atoms with Crippen molar-refractivity contribution in [3.05, 3.63) is 78.1 Å². The molecule has 184 valence electrons. The minimum atomic E-state index is -0.362. The number of hydrogen-bond acceptors (Lipinski definition) is 8. The minimum absolute atomic E-state index is 0.118. The number of para-hydroxylation sites is 1. The van der Waals surface area contributed by atoms with E-state index in [9.17, 15) is 9.59 Å². The van der Waals surface area contributed by atoms with Crippen LogP contribution in [0.15, 0.2) is 67.0 Å². The highest BCUT2D eigenvalue weighted by Crippen LogP contribution is 2.33. The first-order valence-electron chi connectivity index (χ1n) is 11.3. The van der Waals surface area contributed by atoms with Crippen LogP contribution in [0.4, 0.5) is 10.8 Å². The molecule has 0 radical (unpaired) electrons. The van der Waals surface area contributed by atoms with Gasteiger partial charge in [0.2, 0.25) is 5.91 Å². The maximum atomic E-state index is 13.2. The number of anilines is 2. The normalized spacial score (nSPS) is 10.8. The third kappa shape index (κ3) is 5.00. The Balaban J connectivity index is 1.42. The zero-order valence-corrected chi connectivity index (χ0v) is 21.1. The van der Waals surface area contributed by atoms with Crippen LogP contribution in [0, 0.1) is 6.92 Å².